The number of ether oxygens (including phenoxy) is 1. The van der Waals surface area contributed by atoms with Crippen LogP contribution in [0, 0.1) is 5.82 Å². The number of hydrogen-bond acceptors (Lipinski definition) is 2. The summed E-state index contributed by atoms with van der Waals surface area (Å²) in [5.74, 6) is -1.32. The van der Waals surface area contributed by atoms with Gasteiger partial charge in [-0.05, 0) is 12.1 Å². The Balaban J connectivity index is 3.03. The average molecular weight is 223 g/mol. The van der Waals surface area contributed by atoms with E-state index in [-0.39, 0.29) is 13.2 Å². The summed E-state index contributed by atoms with van der Waals surface area (Å²) < 4.78 is 54.5. The minimum Gasteiger partial charge on any atom is -0.492 e. The summed E-state index contributed by atoms with van der Waals surface area (Å²) in [5, 5.41) is 0. The molecule has 2 nitrogen and oxygen atoms in total. The van der Waals surface area contributed by atoms with Gasteiger partial charge in [-0.3, -0.25) is 0 Å². The third-order valence-corrected chi connectivity index (χ3v) is 1.62. The van der Waals surface area contributed by atoms with Gasteiger partial charge in [0.05, 0.1) is 5.56 Å². The normalized spacial score (nSPS) is 11.5. The van der Waals surface area contributed by atoms with E-state index >= 15 is 0 Å². The lowest BCUT2D eigenvalue weighted by Crippen LogP contribution is -2.14. The molecule has 0 spiro atoms. The van der Waals surface area contributed by atoms with E-state index in [0.717, 1.165) is 6.07 Å². The number of nitrogens with two attached hydrogens (primary N) is 1. The quantitative estimate of drug-likeness (QED) is 0.797. The molecule has 0 saturated heterocycles. The molecule has 0 aliphatic heterocycles. The van der Waals surface area contributed by atoms with Crippen LogP contribution in [0.3, 0.4) is 0 Å². The molecule has 15 heavy (non-hydrogen) atoms. The van der Waals surface area contributed by atoms with E-state index in [4.69, 9.17) is 10.5 Å². The zero-order chi connectivity index (χ0) is 11.5. The highest BCUT2D eigenvalue weighted by Gasteiger charge is 2.34. The van der Waals surface area contributed by atoms with Gasteiger partial charge in [-0.25, -0.2) is 4.39 Å². The highest BCUT2D eigenvalue weighted by atomic mass is 19.4. The van der Waals surface area contributed by atoms with Gasteiger partial charge < -0.3 is 10.5 Å². The second-order valence-corrected chi connectivity index (χ2v) is 2.78. The van der Waals surface area contributed by atoms with Gasteiger partial charge >= 0.3 is 6.18 Å². The number of benzene rings is 1. The average Bonchev–Trinajstić information content (AvgIpc) is 2.12. The van der Waals surface area contributed by atoms with Gasteiger partial charge in [0.2, 0.25) is 0 Å². The number of rotatable bonds is 3. The molecular weight excluding hydrogens is 214 g/mol. The van der Waals surface area contributed by atoms with Crippen LogP contribution >= 0.6 is 0 Å². The first-order valence-corrected chi connectivity index (χ1v) is 4.15. The minimum absolute atomic E-state index is 0.0633. The van der Waals surface area contributed by atoms with Crippen molar-refractivity contribution in [3.05, 3.63) is 29.6 Å². The van der Waals surface area contributed by atoms with Gasteiger partial charge in [0.25, 0.3) is 0 Å². The van der Waals surface area contributed by atoms with Gasteiger partial charge in [-0.1, -0.05) is 0 Å². The fraction of sp³-hybridized carbons (Fsp3) is 0.333. The summed E-state index contributed by atoms with van der Waals surface area (Å²) in [6.45, 7) is -0.0274. The van der Waals surface area contributed by atoms with Crippen molar-refractivity contribution in [2.24, 2.45) is 5.73 Å². The van der Waals surface area contributed by atoms with Crippen LogP contribution < -0.4 is 10.5 Å². The van der Waals surface area contributed by atoms with E-state index in [9.17, 15) is 17.6 Å². The van der Waals surface area contributed by atoms with E-state index < -0.39 is 23.3 Å². The van der Waals surface area contributed by atoms with Crippen molar-refractivity contribution in [3.8, 4) is 5.75 Å². The van der Waals surface area contributed by atoms with Gasteiger partial charge in [0.15, 0.2) is 0 Å². The fourth-order valence-corrected chi connectivity index (χ4v) is 1.02. The van der Waals surface area contributed by atoms with E-state index in [1.165, 1.54) is 0 Å². The minimum atomic E-state index is -4.56. The second-order valence-electron chi connectivity index (χ2n) is 2.78. The van der Waals surface area contributed by atoms with Crippen molar-refractivity contribution in [3.63, 3.8) is 0 Å². The Morgan fingerprint density at radius 3 is 2.47 bits per heavy atom. The first-order chi connectivity index (χ1) is 6.95. The van der Waals surface area contributed by atoms with E-state index in [1.807, 2.05) is 0 Å². The van der Waals surface area contributed by atoms with E-state index in [2.05, 4.69) is 0 Å². The summed E-state index contributed by atoms with van der Waals surface area (Å²) in [7, 11) is 0. The molecule has 0 heterocycles. The number of alkyl halides is 3. The molecule has 0 aliphatic rings. The van der Waals surface area contributed by atoms with Gasteiger partial charge in [-0.15, -0.1) is 0 Å². The summed E-state index contributed by atoms with van der Waals surface area (Å²) in [6, 6.07) is 2.07. The Morgan fingerprint density at radius 2 is 1.93 bits per heavy atom. The zero-order valence-electron chi connectivity index (χ0n) is 7.64. The van der Waals surface area contributed by atoms with Crippen molar-refractivity contribution in [1.82, 2.24) is 0 Å². The van der Waals surface area contributed by atoms with E-state index in [1.54, 1.807) is 0 Å². The van der Waals surface area contributed by atoms with Crippen molar-refractivity contribution < 1.29 is 22.3 Å². The first-order valence-electron chi connectivity index (χ1n) is 4.15. The van der Waals surface area contributed by atoms with Crippen molar-refractivity contribution in [2.75, 3.05) is 13.2 Å². The lowest BCUT2D eigenvalue weighted by molar-refractivity contribution is -0.139. The molecule has 84 valence electrons. The molecule has 6 heteroatoms. The zero-order valence-corrected chi connectivity index (χ0v) is 7.64. The van der Waals surface area contributed by atoms with Crippen LogP contribution in [0.15, 0.2) is 18.2 Å². The highest BCUT2D eigenvalue weighted by Crippen LogP contribution is 2.36. The Bertz CT molecular complexity index is 337. The van der Waals surface area contributed by atoms with Crippen LogP contribution in [0.1, 0.15) is 5.56 Å². The molecule has 1 aromatic carbocycles. The van der Waals surface area contributed by atoms with Crippen molar-refractivity contribution >= 4 is 0 Å². The van der Waals surface area contributed by atoms with E-state index in [0.29, 0.717) is 12.1 Å². The molecule has 0 saturated carbocycles. The monoisotopic (exact) mass is 223 g/mol. The summed E-state index contributed by atoms with van der Waals surface area (Å²) in [5.41, 5.74) is 4.07. The Kier molecular flexibility index (Phi) is 3.52. The molecule has 0 fully saturated rings. The predicted octanol–water partition coefficient (Wildman–Crippen LogP) is 2.18. The summed E-state index contributed by atoms with van der Waals surface area (Å²) in [6.07, 6.45) is -4.56. The maximum Gasteiger partial charge on any atom is 0.419 e. The van der Waals surface area contributed by atoms with Gasteiger partial charge in [-0.2, -0.15) is 13.2 Å². The maximum absolute atomic E-state index is 12.7. The lowest BCUT2D eigenvalue weighted by atomic mass is 10.2. The molecule has 1 aromatic rings. The molecule has 0 unspecified atom stereocenters. The highest BCUT2D eigenvalue weighted by molar-refractivity contribution is 5.36. The van der Waals surface area contributed by atoms with Gasteiger partial charge in [0.1, 0.15) is 18.2 Å². The second kappa shape index (κ2) is 4.48. The SMILES string of the molecule is NCCOc1cc(F)ccc1C(F)(F)F. The molecule has 0 bridgehead atoms. The lowest BCUT2D eigenvalue weighted by Gasteiger charge is -2.13. The molecule has 0 radical (unpaired) electrons. The first kappa shape index (κ1) is 11.8. The van der Waals surface area contributed by atoms with Crippen LogP contribution in [-0.4, -0.2) is 13.2 Å². The van der Waals surface area contributed by atoms with Crippen LogP contribution in [-0.2, 0) is 6.18 Å². The Hall–Kier alpha value is -1.30. The van der Waals surface area contributed by atoms with Gasteiger partial charge in [0, 0.05) is 12.6 Å². The molecular formula is C9H9F4NO. The third-order valence-electron chi connectivity index (χ3n) is 1.62. The topological polar surface area (TPSA) is 35.2 Å². The standard InChI is InChI=1S/C9H9F4NO/c10-6-1-2-7(9(11,12)13)8(5-6)15-4-3-14/h1-2,5H,3-4,14H2. The number of halogens is 4. The summed E-state index contributed by atoms with van der Waals surface area (Å²) in [4.78, 5) is 0. The molecule has 2 N–H and O–H groups in total. The number of hydrogen-bond donors (Lipinski definition) is 1. The summed E-state index contributed by atoms with van der Waals surface area (Å²) >= 11 is 0. The third kappa shape index (κ3) is 3.09. The molecule has 0 atom stereocenters. The maximum atomic E-state index is 12.7. The Labute approximate surface area is 83.6 Å². The Morgan fingerprint density at radius 1 is 1.27 bits per heavy atom. The largest absolute Gasteiger partial charge is 0.492 e. The van der Waals surface area contributed by atoms with Crippen molar-refractivity contribution in [2.45, 2.75) is 6.18 Å². The van der Waals surface area contributed by atoms with Crippen LogP contribution in [0.2, 0.25) is 0 Å². The molecule has 0 amide bonds. The molecule has 0 aromatic heterocycles. The van der Waals surface area contributed by atoms with Crippen LogP contribution in [0.4, 0.5) is 17.6 Å². The fourth-order valence-electron chi connectivity index (χ4n) is 1.02. The molecule has 1 rings (SSSR count). The van der Waals surface area contributed by atoms with Crippen molar-refractivity contribution in [1.29, 1.82) is 0 Å². The predicted molar refractivity (Wildman–Crippen MR) is 46.0 cm³/mol. The van der Waals surface area contributed by atoms with Crippen LogP contribution in [0.25, 0.3) is 0 Å². The van der Waals surface area contributed by atoms with Crippen LogP contribution in [0.5, 0.6) is 5.75 Å². The smallest absolute Gasteiger partial charge is 0.419 e. The molecule has 0 aliphatic carbocycles.